The monoisotopic (exact) mass is 243 g/mol. The van der Waals surface area contributed by atoms with Crippen LogP contribution in [0, 0.1) is 0 Å². The molecule has 0 unspecified atom stereocenters. The third kappa shape index (κ3) is 5.85. The van der Waals surface area contributed by atoms with E-state index in [9.17, 15) is 4.79 Å². The quantitative estimate of drug-likeness (QED) is 0.548. The van der Waals surface area contributed by atoms with Gasteiger partial charge in [0.15, 0.2) is 0 Å². The molecule has 1 rings (SSSR count). The number of hydrogen-bond acceptors (Lipinski definition) is 5. The maximum atomic E-state index is 11.2. The third-order valence-corrected chi connectivity index (χ3v) is 2.88. The average molecular weight is 243 g/mol. The number of carbonyl (C=O) groups excluding carboxylic acids is 1. The zero-order valence-electron chi connectivity index (χ0n) is 9.40. The first-order valence-electron chi connectivity index (χ1n) is 5.20. The molecular formula is C11H17NO3S. The second-order valence-electron chi connectivity index (χ2n) is 3.22. The highest BCUT2D eigenvalue weighted by atomic mass is 32.1. The fourth-order valence-electron chi connectivity index (χ4n) is 1.14. The lowest BCUT2D eigenvalue weighted by molar-refractivity contribution is -0.142. The van der Waals surface area contributed by atoms with E-state index in [4.69, 9.17) is 9.47 Å². The zero-order chi connectivity index (χ0) is 11.6. The smallest absolute Gasteiger partial charge is 0.319 e. The van der Waals surface area contributed by atoms with Crippen LogP contribution < -0.4 is 5.32 Å². The van der Waals surface area contributed by atoms with Crippen LogP contribution in [0.15, 0.2) is 17.5 Å². The largest absolute Gasteiger partial charge is 0.464 e. The van der Waals surface area contributed by atoms with Crippen LogP contribution in [0.2, 0.25) is 0 Å². The first-order valence-corrected chi connectivity index (χ1v) is 6.08. The fourth-order valence-corrected chi connectivity index (χ4v) is 1.83. The molecule has 5 heteroatoms. The molecule has 0 aromatic carbocycles. The van der Waals surface area contributed by atoms with Gasteiger partial charge < -0.3 is 14.8 Å². The van der Waals surface area contributed by atoms with Gasteiger partial charge in [0, 0.05) is 25.0 Å². The van der Waals surface area contributed by atoms with Crippen molar-refractivity contribution in [3.8, 4) is 0 Å². The highest BCUT2D eigenvalue weighted by Crippen LogP contribution is 2.08. The number of thiophene rings is 1. The summed E-state index contributed by atoms with van der Waals surface area (Å²) in [5, 5.41) is 4.95. The molecule has 1 N–H and O–H groups in total. The van der Waals surface area contributed by atoms with Crippen molar-refractivity contribution in [2.75, 3.05) is 33.4 Å². The van der Waals surface area contributed by atoms with Gasteiger partial charge in [0.25, 0.3) is 0 Å². The minimum absolute atomic E-state index is 0.215. The van der Waals surface area contributed by atoms with E-state index in [-0.39, 0.29) is 12.5 Å². The Bertz CT molecular complexity index is 287. The maximum absolute atomic E-state index is 11.2. The van der Waals surface area contributed by atoms with E-state index in [2.05, 4.69) is 5.32 Å². The van der Waals surface area contributed by atoms with Crippen LogP contribution in [0.4, 0.5) is 0 Å². The summed E-state index contributed by atoms with van der Waals surface area (Å²) in [6, 6.07) is 4.03. The topological polar surface area (TPSA) is 47.6 Å². The van der Waals surface area contributed by atoms with Crippen LogP contribution in [-0.4, -0.2) is 39.4 Å². The van der Waals surface area contributed by atoms with E-state index in [0.717, 1.165) is 6.42 Å². The first kappa shape index (κ1) is 13.2. The Balaban J connectivity index is 1.98. The minimum Gasteiger partial charge on any atom is -0.464 e. The highest BCUT2D eigenvalue weighted by Gasteiger charge is 2.02. The summed E-state index contributed by atoms with van der Waals surface area (Å²) >= 11 is 1.68. The van der Waals surface area contributed by atoms with Crippen LogP contribution in [0.3, 0.4) is 0 Å². The molecule has 4 nitrogen and oxygen atoms in total. The normalized spacial score (nSPS) is 10.3. The van der Waals surface area contributed by atoms with Crippen molar-refractivity contribution in [2.24, 2.45) is 0 Å². The number of carbonyl (C=O) groups is 1. The van der Waals surface area contributed by atoms with Crippen LogP contribution >= 0.6 is 11.3 Å². The van der Waals surface area contributed by atoms with Crippen molar-refractivity contribution in [1.29, 1.82) is 0 Å². The molecule has 0 saturated carbocycles. The lowest BCUT2D eigenvalue weighted by Gasteiger charge is -2.05. The van der Waals surface area contributed by atoms with Gasteiger partial charge in [-0.2, -0.15) is 0 Å². The van der Waals surface area contributed by atoms with E-state index in [1.54, 1.807) is 18.4 Å². The summed E-state index contributed by atoms with van der Waals surface area (Å²) in [4.78, 5) is 12.4. The van der Waals surface area contributed by atoms with Gasteiger partial charge in [0.2, 0.25) is 0 Å². The summed E-state index contributed by atoms with van der Waals surface area (Å²) in [7, 11) is 1.63. The molecule has 0 bridgehead atoms. The molecule has 0 aliphatic carbocycles. The molecule has 0 aliphatic heterocycles. The lowest BCUT2D eigenvalue weighted by Crippen LogP contribution is -2.28. The predicted octanol–water partition coefficient (Wildman–Crippen LogP) is 1.07. The summed E-state index contributed by atoms with van der Waals surface area (Å²) in [5.74, 6) is -0.215. The van der Waals surface area contributed by atoms with Gasteiger partial charge in [-0.1, -0.05) is 6.07 Å². The average Bonchev–Trinajstić information content (AvgIpc) is 2.77. The molecule has 1 aromatic rings. The fraction of sp³-hybridized carbons (Fsp3) is 0.545. The second kappa shape index (κ2) is 8.27. The first-order chi connectivity index (χ1) is 7.83. The summed E-state index contributed by atoms with van der Waals surface area (Å²) < 4.78 is 9.90. The Morgan fingerprint density at radius 3 is 3.06 bits per heavy atom. The number of rotatable bonds is 8. The van der Waals surface area contributed by atoms with E-state index in [1.807, 2.05) is 17.5 Å². The van der Waals surface area contributed by atoms with Crippen molar-refractivity contribution in [3.05, 3.63) is 22.4 Å². The SMILES string of the molecule is COCCNCC(=O)OCCc1cccs1. The summed E-state index contributed by atoms with van der Waals surface area (Å²) in [6.07, 6.45) is 0.793. The van der Waals surface area contributed by atoms with Crippen molar-refractivity contribution < 1.29 is 14.3 Å². The number of ether oxygens (including phenoxy) is 2. The van der Waals surface area contributed by atoms with Gasteiger partial charge in [-0.15, -0.1) is 11.3 Å². The van der Waals surface area contributed by atoms with Crippen LogP contribution in [0.5, 0.6) is 0 Å². The Hall–Kier alpha value is -0.910. The van der Waals surface area contributed by atoms with Gasteiger partial charge in [-0.25, -0.2) is 0 Å². The summed E-state index contributed by atoms with van der Waals surface area (Å²) in [5.41, 5.74) is 0. The lowest BCUT2D eigenvalue weighted by atomic mass is 10.4. The van der Waals surface area contributed by atoms with Gasteiger partial charge >= 0.3 is 5.97 Å². The number of nitrogens with one attached hydrogen (secondary N) is 1. The summed E-state index contributed by atoms with van der Waals surface area (Å²) in [6.45, 7) is 1.96. The molecule has 16 heavy (non-hydrogen) atoms. The standard InChI is InChI=1S/C11H17NO3S/c1-14-7-5-12-9-11(13)15-6-4-10-3-2-8-16-10/h2-3,8,12H,4-7,9H2,1H3. The predicted molar refractivity (Wildman–Crippen MR) is 63.7 cm³/mol. The van der Waals surface area contributed by atoms with Crippen molar-refractivity contribution in [3.63, 3.8) is 0 Å². The highest BCUT2D eigenvalue weighted by molar-refractivity contribution is 7.09. The van der Waals surface area contributed by atoms with Crippen molar-refractivity contribution in [1.82, 2.24) is 5.32 Å². The van der Waals surface area contributed by atoms with E-state index in [0.29, 0.717) is 19.8 Å². The van der Waals surface area contributed by atoms with E-state index in [1.165, 1.54) is 4.88 Å². The van der Waals surface area contributed by atoms with Gasteiger partial charge in [-0.3, -0.25) is 4.79 Å². The second-order valence-corrected chi connectivity index (χ2v) is 4.25. The number of esters is 1. The van der Waals surface area contributed by atoms with Crippen molar-refractivity contribution in [2.45, 2.75) is 6.42 Å². The molecule has 0 amide bonds. The molecule has 90 valence electrons. The van der Waals surface area contributed by atoms with E-state index < -0.39 is 0 Å². The molecular weight excluding hydrogens is 226 g/mol. The number of hydrogen-bond donors (Lipinski definition) is 1. The van der Waals surface area contributed by atoms with Gasteiger partial charge in [0.1, 0.15) is 0 Å². The Labute approximate surface area is 99.6 Å². The third-order valence-electron chi connectivity index (χ3n) is 1.94. The Kier molecular flexibility index (Phi) is 6.80. The molecule has 0 aliphatic rings. The van der Waals surface area contributed by atoms with Crippen LogP contribution in [-0.2, 0) is 20.7 Å². The molecule has 1 heterocycles. The Morgan fingerprint density at radius 2 is 2.38 bits per heavy atom. The molecule has 1 aromatic heterocycles. The molecule has 0 fully saturated rings. The van der Waals surface area contributed by atoms with Gasteiger partial charge in [0.05, 0.1) is 19.8 Å². The van der Waals surface area contributed by atoms with Crippen molar-refractivity contribution >= 4 is 17.3 Å². The van der Waals surface area contributed by atoms with E-state index >= 15 is 0 Å². The molecule has 0 saturated heterocycles. The molecule has 0 spiro atoms. The van der Waals surface area contributed by atoms with Crippen LogP contribution in [0.25, 0.3) is 0 Å². The zero-order valence-corrected chi connectivity index (χ0v) is 10.2. The number of methoxy groups -OCH3 is 1. The molecule has 0 atom stereocenters. The van der Waals surface area contributed by atoms with Crippen LogP contribution in [0.1, 0.15) is 4.88 Å². The van der Waals surface area contributed by atoms with Gasteiger partial charge in [-0.05, 0) is 11.4 Å². The maximum Gasteiger partial charge on any atom is 0.319 e. The Morgan fingerprint density at radius 1 is 1.50 bits per heavy atom. The molecule has 0 radical (unpaired) electrons. The minimum atomic E-state index is -0.215.